The maximum atomic E-state index is 12.3. The van der Waals surface area contributed by atoms with Crippen molar-refractivity contribution in [3.63, 3.8) is 0 Å². The number of H-pyrrole nitrogens is 1. The lowest BCUT2D eigenvalue weighted by Crippen LogP contribution is -2.26. The van der Waals surface area contributed by atoms with E-state index in [0.29, 0.717) is 18.1 Å². The van der Waals surface area contributed by atoms with Crippen LogP contribution in [0.2, 0.25) is 0 Å². The molecule has 4 aromatic rings. The van der Waals surface area contributed by atoms with Crippen LogP contribution in [0.3, 0.4) is 0 Å². The summed E-state index contributed by atoms with van der Waals surface area (Å²) in [5.74, 6) is 0.376. The maximum Gasteiger partial charge on any atom is 0.271 e. The molecular formula is C23H23N5O. The third-order valence-electron chi connectivity index (χ3n) is 4.87. The van der Waals surface area contributed by atoms with E-state index in [1.807, 2.05) is 36.5 Å². The molecule has 2 aromatic carbocycles. The van der Waals surface area contributed by atoms with Crippen LogP contribution in [0.4, 0.5) is 11.5 Å². The SMILES string of the molecule is CCc1ccc(Nc2cnc(C(=O)NCCc3c[nH]c4ccccc34)cn2)cc1. The zero-order chi connectivity index (χ0) is 20.1. The summed E-state index contributed by atoms with van der Waals surface area (Å²) in [4.78, 5) is 24.1. The second kappa shape index (κ2) is 8.56. The van der Waals surface area contributed by atoms with Crippen LogP contribution in [0.25, 0.3) is 10.9 Å². The second-order valence-corrected chi connectivity index (χ2v) is 6.83. The van der Waals surface area contributed by atoms with Gasteiger partial charge in [-0.25, -0.2) is 9.97 Å². The number of amides is 1. The maximum absolute atomic E-state index is 12.3. The molecule has 29 heavy (non-hydrogen) atoms. The Kier molecular flexibility index (Phi) is 5.52. The number of carbonyl (C=O) groups excluding carboxylic acids is 1. The van der Waals surface area contributed by atoms with Gasteiger partial charge in [0.2, 0.25) is 0 Å². The quantitative estimate of drug-likeness (QED) is 0.444. The predicted octanol–water partition coefficient (Wildman–Crippen LogP) is 4.24. The number of hydrogen-bond donors (Lipinski definition) is 3. The van der Waals surface area contributed by atoms with Crippen molar-refractivity contribution >= 4 is 28.3 Å². The van der Waals surface area contributed by atoms with Gasteiger partial charge in [-0.15, -0.1) is 0 Å². The van der Waals surface area contributed by atoms with Gasteiger partial charge in [0, 0.05) is 29.3 Å². The van der Waals surface area contributed by atoms with E-state index in [9.17, 15) is 4.79 Å². The summed E-state index contributed by atoms with van der Waals surface area (Å²) >= 11 is 0. The van der Waals surface area contributed by atoms with Gasteiger partial charge in [-0.3, -0.25) is 4.79 Å². The average molecular weight is 385 g/mol. The van der Waals surface area contributed by atoms with Crippen molar-refractivity contribution in [3.05, 3.63) is 83.9 Å². The van der Waals surface area contributed by atoms with Gasteiger partial charge in [0.15, 0.2) is 0 Å². The molecule has 0 bridgehead atoms. The standard InChI is InChI=1S/C23H23N5O/c1-2-16-7-9-18(10-8-16)28-22-15-26-21(14-27-22)23(29)24-12-11-17-13-25-20-6-4-3-5-19(17)20/h3-10,13-15,25H,2,11-12H2,1H3,(H,24,29)(H,27,28). The molecule has 0 aliphatic carbocycles. The molecule has 0 aliphatic rings. The molecule has 0 saturated carbocycles. The first-order valence-corrected chi connectivity index (χ1v) is 9.74. The zero-order valence-electron chi connectivity index (χ0n) is 16.3. The third kappa shape index (κ3) is 4.43. The fourth-order valence-electron chi connectivity index (χ4n) is 3.22. The van der Waals surface area contributed by atoms with Crippen LogP contribution in [0.15, 0.2) is 67.1 Å². The van der Waals surface area contributed by atoms with Crippen molar-refractivity contribution in [2.75, 3.05) is 11.9 Å². The molecule has 0 radical (unpaired) electrons. The first-order valence-electron chi connectivity index (χ1n) is 9.74. The minimum absolute atomic E-state index is 0.226. The molecule has 0 spiro atoms. The van der Waals surface area contributed by atoms with E-state index in [1.165, 1.54) is 22.7 Å². The van der Waals surface area contributed by atoms with Gasteiger partial charge in [-0.1, -0.05) is 37.3 Å². The molecule has 0 unspecified atom stereocenters. The van der Waals surface area contributed by atoms with Crippen molar-refractivity contribution in [2.24, 2.45) is 0 Å². The summed E-state index contributed by atoms with van der Waals surface area (Å²) in [6.07, 6.45) is 6.80. The van der Waals surface area contributed by atoms with Gasteiger partial charge in [-0.05, 0) is 42.2 Å². The Bertz CT molecular complexity index is 1100. The van der Waals surface area contributed by atoms with Crippen LogP contribution in [0.5, 0.6) is 0 Å². The molecular weight excluding hydrogens is 362 g/mol. The summed E-state index contributed by atoms with van der Waals surface area (Å²) in [5, 5.41) is 7.28. The van der Waals surface area contributed by atoms with Gasteiger partial charge in [0.25, 0.3) is 5.91 Å². The molecule has 0 saturated heterocycles. The number of nitrogens with zero attached hydrogens (tertiary/aromatic N) is 2. The van der Waals surface area contributed by atoms with E-state index in [-0.39, 0.29) is 5.91 Å². The molecule has 0 atom stereocenters. The number of aryl methyl sites for hydroxylation is 1. The van der Waals surface area contributed by atoms with Gasteiger partial charge in [-0.2, -0.15) is 0 Å². The van der Waals surface area contributed by atoms with Crippen LogP contribution in [0, 0.1) is 0 Å². The number of aromatic nitrogens is 3. The number of carbonyl (C=O) groups is 1. The number of para-hydroxylation sites is 1. The Morgan fingerprint density at radius 1 is 1.03 bits per heavy atom. The molecule has 6 nitrogen and oxygen atoms in total. The van der Waals surface area contributed by atoms with E-state index < -0.39 is 0 Å². The molecule has 4 rings (SSSR count). The largest absolute Gasteiger partial charge is 0.361 e. The van der Waals surface area contributed by atoms with Crippen LogP contribution in [-0.4, -0.2) is 27.4 Å². The number of nitrogens with one attached hydrogen (secondary N) is 3. The monoisotopic (exact) mass is 385 g/mol. The number of fused-ring (bicyclic) bond motifs is 1. The van der Waals surface area contributed by atoms with E-state index in [2.05, 4.69) is 50.7 Å². The highest BCUT2D eigenvalue weighted by atomic mass is 16.1. The Hall–Kier alpha value is -3.67. The van der Waals surface area contributed by atoms with E-state index in [0.717, 1.165) is 24.0 Å². The van der Waals surface area contributed by atoms with E-state index in [1.54, 1.807) is 6.20 Å². The fraction of sp³-hybridized carbons (Fsp3) is 0.174. The van der Waals surface area contributed by atoms with Crippen molar-refractivity contribution in [1.82, 2.24) is 20.3 Å². The molecule has 0 aliphatic heterocycles. The van der Waals surface area contributed by atoms with Crippen LogP contribution in [0.1, 0.15) is 28.5 Å². The summed E-state index contributed by atoms with van der Waals surface area (Å²) in [6, 6.07) is 16.3. The predicted molar refractivity (Wildman–Crippen MR) is 115 cm³/mol. The highest BCUT2D eigenvalue weighted by molar-refractivity contribution is 5.92. The summed E-state index contributed by atoms with van der Waals surface area (Å²) in [5.41, 5.74) is 4.80. The molecule has 0 fully saturated rings. The van der Waals surface area contributed by atoms with E-state index in [4.69, 9.17) is 0 Å². The number of aromatic amines is 1. The van der Waals surface area contributed by atoms with Crippen molar-refractivity contribution in [1.29, 1.82) is 0 Å². The Morgan fingerprint density at radius 3 is 2.62 bits per heavy atom. The fourth-order valence-corrected chi connectivity index (χ4v) is 3.22. The summed E-state index contributed by atoms with van der Waals surface area (Å²) in [6.45, 7) is 2.66. The molecule has 1 amide bonds. The van der Waals surface area contributed by atoms with E-state index >= 15 is 0 Å². The first-order chi connectivity index (χ1) is 14.2. The van der Waals surface area contributed by atoms with Crippen molar-refractivity contribution in [3.8, 4) is 0 Å². The Labute approximate surface area is 169 Å². The van der Waals surface area contributed by atoms with Gasteiger partial charge in [0.05, 0.1) is 12.4 Å². The first kappa shape index (κ1) is 18.7. The smallest absolute Gasteiger partial charge is 0.271 e. The Balaban J connectivity index is 1.31. The van der Waals surface area contributed by atoms with Crippen LogP contribution >= 0.6 is 0 Å². The molecule has 2 aromatic heterocycles. The number of anilines is 2. The number of rotatable bonds is 7. The van der Waals surface area contributed by atoms with Crippen molar-refractivity contribution in [2.45, 2.75) is 19.8 Å². The topological polar surface area (TPSA) is 82.7 Å². The third-order valence-corrected chi connectivity index (χ3v) is 4.87. The normalized spacial score (nSPS) is 10.8. The summed E-state index contributed by atoms with van der Waals surface area (Å²) < 4.78 is 0. The number of benzene rings is 2. The molecule has 2 heterocycles. The minimum atomic E-state index is -0.226. The number of hydrogen-bond acceptors (Lipinski definition) is 4. The molecule has 146 valence electrons. The molecule has 6 heteroatoms. The minimum Gasteiger partial charge on any atom is -0.361 e. The lowest BCUT2D eigenvalue weighted by Gasteiger charge is -2.07. The van der Waals surface area contributed by atoms with Gasteiger partial charge in [0.1, 0.15) is 11.5 Å². The second-order valence-electron chi connectivity index (χ2n) is 6.83. The van der Waals surface area contributed by atoms with Gasteiger partial charge < -0.3 is 15.6 Å². The highest BCUT2D eigenvalue weighted by Gasteiger charge is 2.09. The highest BCUT2D eigenvalue weighted by Crippen LogP contribution is 2.18. The zero-order valence-corrected chi connectivity index (χ0v) is 16.3. The average Bonchev–Trinajstić information content (AvgIpc) is 3.18. The summed E-state index contributed by atoms with van der Waals surface area (Å²) in [7, 11) is 0. The van der Waals surface area contributed by atoms with Crippen LogP contribution < -0.4 is 10.6 Å². The Morgan fingerprint density at radius 2 is 1.86 bits per heavy atom. The van der Waals surface area contributed by atoms with Crippen LogP contribution in [-0.2, 0) is 12.8 Å². The lowest BCUT2D eigenvalue weighted by molar-refractivity contribution is 0.0949. The molecule has 3 N–H and O–H groups in total. The van der Waals surface area contributed by atoms with Crippen molar-refractivity contribution < 1.29 is 4.79 Å². The van der Waals surface area contributed by atoms with Gasteiger partial charge >= 0.3 is 0 Å². The lowest BCUT2D eigenvalue weighted by atomic mass is 10.1.